The van der Waals surface area contributed by atoms with E-state index in [0.29, 0.717) is 0 Å². The van der Waals surface area contributed by atoms with Crippen molar-refractivity contribution in [3.63, 3.8) is 0 Å². The Kier molecular flexibility index (Phi) is 4.75. The molecule has 1 amide bonds. The van der Waals surface area contributed by atoms with Crippen molar-refractivity contribution in [3.8, 4) is 0 Å². The fourth-order valence-corrected chi connectivity index (χ4v) is 1.95. The van der Waals surface area contributed by atoms with Crippen LogP contribution in [0, 0.1) is 0 Å². The molecule has 0 aromatic heterocycles. The third-order valence-corrected chi connectivity index (χ3v) is 2.55. The Morgan fingerprint density at radius 1 is 1.33 bits per heavy atom. The van der Waals surface area contributed by atoms with Crippen LogP contribution in [0.15, 0.2) is 0 Å². The van der Waals surface area contributed by atoms with E-state index in [4.69, 9.17) is 0 Å². The third-order valence-electron chi connectivity index (χ3n) is 2.55. The molecule has 1 unspecified atom stereocenters. The molecule has 1 aliphatic rings. The smallest absolute Gasteiger partial charge is 0.227 e. The van der Waals surface area contributed by atoms with E-state index in [-0.39, 0.29) is 24.2 Å². The maximum absolute atomic E-state index is 11.3. The van der Waals surface area contributed by atoms with Gasteiger partial charge in [0, 0.05) is 12.6 Å². The van der Waals surface area contributed by atoms with Crippen molar-refractivity contribution in [2.24, 2.45) is 0 Å². The first-order chi connectivity index (χ1) is 7.08. The lowest BCUT2D eigenvalue weighted by molar-refractivity contribution is -0.127. The number of Topliss-reactive ketones (excluding diaryl/α,β-unsaturated/α-hetero) is 1. The molecule has 0 aromatic rings. The van der Waals surface area contributed by atoms with Gasteiger partial charge in [0.05, 0.1) is 6.42 Å². The van der Waals surface area contributed by atoms with E-state index < -0.39 is 0 Å². The number of nitrogens with zero attached hydrogens (tertiary/aromatic N) is 1. The van der Waals surface area contributed by atoms with Gasteiger partial charge in [-0.1, -0.05) is 0 Å². The topological polar surface area (TPSA) is 49.4 Å². The predicted octanol–water partition coefficient (Wildman–Crippen LogP) is 0.566. The molecule has 0 aliphatic carbocycles. The summed E-state index contributed by atoms with van der Waals surface area (Å²) in [7, 11) is 0. The highest BCUT2D eigenvalue weighted by atomic mass is 16.2. The number of amides is 1. The summed E-state index contributed by atoms with van der Waals surface area (Å²) in [6.45, 7) is 6.57. The zero-order valence-corrected chi connectivity index (χ0v) is 9.58. The molecule has 0 spiro atoms. The molecule has 1 rings (SSSR count). The molecule has 1 atom stereocenters. The quantitative estimate of drug-likeness (QED) is 0.678. The van der Waals surface area contributed by atoms with Crippen LogP contribution in [0.4, 0.5) is 0 Å². The fourth-order valence-electron chi connectivity index (χ4n) is 1.95. The molecule has 1 fully saturated rings. The minimum Gasteiger partial charge on any atom is -0.352 e. The van der Waals surface area contributed by atoms with E-state index in [9.17, 15) is 9.59 Å². The van der Waals surface area contributed by atoms with E-state index in [1.165, 1.54) is 19.8 Å². The van der Waals surface area contributed by atoms with E-state index in [1.54, 1.807) is 0 Å². The second-order valence-electron chi connectivity index (χ2n) is 4.36. The number of ketones is 1. The monoisotopic (exact) mass is 212 g/mol. The SMILES string of the molecule is CC(=O)CC(=O)NC(C)CN1CCCC1. The third kappa shape index (κ3) is 4.93. The minimum absolute atomic E-state index is 0.00431. The van der Waals surface area contributed by atoms with Crippen LogP contribution >= 0.6 is 0 Å². The zero-order valence-electron chi connectivity index (χ0n) is 9.58. The number of rotatable bonds is 5. The highest BCUT2D eigenvalue weighted by Crippen LogP contribution is 2.07. The zero-order chi connectivity index (χ0) is 11.3. The lowest BCUT2D eigenvalue weighted by atomic mass is 10.2. The lowest BCUT2D eigenvalue weighted by Gasteiger charge is -2.20. The fraction of sp³-hybridized carbons (Fsp3) is 0.818. The molecule has 86 valence electrons. The predicted molar refractivity (Wildman–Crippen MR) is 58.6 cm³/mol. The first kappa shape index (κ1) is 12.2. The Hall–Kier alpha value is -0.900. The van der Waals surface area contributed by atoms with Crippen LogP contribution in [0.1, 0.15) is 33.1 Å². The summed E-state index contributed by atoms with van der Waals surface area (Å²) in [5.41, 5.74) is 0. The Bertz CT molecular complexity index is 235. The molecule has 1 N–H and O–H groups in total. The molecule has 4 heteroatoms. The molecule has 1 saturated heterocycles. The van der Waals surface area contributed by atoms with Crippen molar-refractivity contribution in [2.45, 2.75) is 39.2 Å². The summed E-state index contributed by atoms with van der Waals surface area (Å²) in [6, 6.07) is 0.134. The van der Waals surface area contributed by atoms with Crippen molar-refractivity contribution < 1.29 is 9.59 Å². The number of carbonyl (C=O) groups excluding carboxylic acids is 2. The van der Waals surface area contributed by atoms with Gasteiger partial charge in [-0.3, -0.25) is 9.59 Å². The standard InChI is InChI=1S/C11H20N2O2/c1-9(8-13-5-3-4-6-13)12-11(15)7-10(2)14/h9H,3-8H2,1-2H3,(H,12,15). The molecule has 15 heavy (non-hydrogen) atoms. The summed E-state index contributed by atoms with van der Waals surface area (Å²) >= 11 is 0. The number of carbonyl (C=O) groups is 2. The van der Waals surface area contributed by atoms with Crippen LogP contribution in [-0.4, -0.2) is 42.3 Å². The summed E-state index contributed by atoms with van der Waals surface area (Å²) in [5.74, 6) is -0.241. The summed E-state index contributed by atoms with van der Waals surface area (Å²) < 4.78 is 0. The van der Waals surface area contributed by atoms with Crippen molar-refractivity contribution in [1.82, 2.24) is 10.2 Å². The van der Waals surface area contributed by atoms with Gasteiger partial charge in [-0.25, -0.2) is 0 Å². The van der Waals surface area contributed by atoms with E-state index in [2.05, 4.69) is 10.2 Å². The largest absolute Gasteiger partial charge is 0.352 e. The normalized spacial score (nSPS) is 18.8. The van der Waals surface area contributed by atoms with Crippen molar-refractivity contribution in [2.75, 3.05) is 19.6 Å². The maximum Gasteiger partial charge on any atom is 0.227 e. The molecule has 0 bridgehead atoms. The van der Waals surface area contributed by atoms with Gasteiger partial charge >= 0.3 is 0 Å². The van der Waals surface area contributed by atoms with E-state index in [1.807, 2.05) is 6.92 Å². The number of nitrogens with one attached hydrogen (secondary N) is 1. The Morgan fingerprint density at radius 3 is 2.47 bits per heavy atom. The number of hydrogen-bond donors (Lipinski definition) is 1. The number of likely N-dealkylation sites (tertiary alicyclic amines) is 1. The van der Waals surface area contributed by atoms with Gasteiger partial charge in [0.15, 0.2) is 0 Å². The molecular formula is C11H20N2O2. The van der Waals surface area contributed by atoms with Crippen LogP contribution in [0.2, 0.25) is 0 Å². The highest BCUT2D eigenvalue weighted by Gasteiger charge is 2.16. The second kappa shape index (κ2) is 5.85. The molecule has 0 radical (unpaired) electrons. The first-order valence-electron chi connectivity index (χ1n) is 5.59. The van der Waals surface area contributed by atoms with Crippen molar-refractivity contribution >= 4 is 11.7 Å². The van der Waals surface area contributed by atoms with Gasteiger partial charge < -0.3 is 10.2 Å². The number of hydrogen-bond acceptors (Lipinski definition) is 3. The first-order valence-corrected chi connectivity index (χ1v) is 5.59. The Morgan fingerprint density at radius 2 is 1.93 bits per heavy atom. The van der Waals surface area contributed by atoms with Crippen molar-refractivity contribution in [3.05, 3.63) is 0 Å². The average molecular weight is 212 g/mol. The Labute approximate surface area is 91.0 Å². The summed E-state index contributed by atoms with van der Waals surface area (Å²) in [5, 5.41) is 2.84. The maximum atomic E-state index is 11.3. The van der Waals surface area contributed by atoms with Crippen LogP contribution in [0.25, 0.3) is 0 Å². The van der Waals surface area contributed by atoms with Crippen molar-refractivity contribution in [1.29, 1.82) is 0 Å². The average Bonchev–Trinajstić information content (AvgIpc) is 2.53. The van der Waals surface area contributed by atoms with Gasteiger partial charge in [0.1, 0.15) is 5.78 Å². The van der Waals surface area contributed by atoms with E-state index >= 15 is 0 Å². The van der Waals surface area contributed by atoms with Crippen LogP contribution in [0.3, 0.4) is 0 Å². The molecule has 1 heterocycles. The van der Waals surface area contributed by atoms with Gasteiger partial charge in [0.2, 0.25) is 5.91 Å². The van der Waals surface area contributed by atoms with Crippen LogP contribution in [0.5, 0.6) is 0 Å². The van der Waals surface area contributed by atoms with Gasteiger partial charge in [-0.15, -0.1) is 0 Å². The molecule has 0 aromatic carbocycles. The molecule has 0 saturated carbocycles. The van der Waals surface area contributed by atoms with Crippen LogP contribution < -0.4 is 5.32 Å². The molecule has 4 nitrogen and oxygen atoms in total. The molecular weight excluding hydrogens is 192 g/mol. The minimum atomic E-state index is -0.158. The second-order valence-corrected chi connectivity index (χ2v) is 4.36. The molecule has 1 aliphatic heterocycles. The van der Waals surface area contributed by atoms with Gasteiger partial charge in [0.25, 0.3) is 0 Å². The highest BCUT2D eigenvalue weighted by molar-refractivity contribution is 5.96. The van der Waals surface area contributed by atoms with Gasteiger partial charge in [-0.05, 0) is 39.8 Å². The summed E-state index contributed by atoms with van der Waals surface area (Å²) in [4.78, 5) is 24.3. The van der Waals surface area contributed by atoms with Gasteiger partial charge in [-0.2, -0.15) is 0 Å². The van der Waals surface area contributed by atoms with E-state index in [0.717, 1.165) is 19.6 Å². The summed E-state index contributed by atoms with van der Waals surface area (Å²) in [6.07, 6.45) is 2.52. The Balaban J connectivity index is 2.19. The van der Waals surface area contributed by atoms with Crippen LogP contribution in [-0.2, 0) is 9.59 Å². The lowest BCUT2D eigenvalue weighted by Crippen LogP contribution is -2.41.